The number of hydrogen-bond acceptors (Lipinski definition) is 4. The van der Waals surface area contributed by atoms with Crippen LogP contribution in [0.25, 0.3) is 0 Å². The van der Waals surface area contributed by atoms with E-state index in [4.69, 9.17) is 4.74 Å². The number of anilines is 1. The van der Waals surface area contributed by atoms with Gasteiger partial charge in [-0.05, 0) is 60.0 Å². The van der Waals surface area contributed by atoms with Crippen molar-refractivity contribution >= 4 is 23.5 Å². The molecule has 0 bridgehead atoms. The number of ether oxygens (including phenoxy) is 1. The van der Waals surface area contributed by atoms with Crippen LogP contribution in [0.5, 0.6) is 5.75 Å². The number of nitrogens with one attached hydrogen (secondary N) is 2. The number of esters is 1. The number of hydrogen-bond donors (Lipinski definition) is 2. The summed E-state index contributed by atoms with van der Waals surface area (Å²) in [7, 11) is 0. The van der Waals surface area contributed by atoms with E-state index in [2.05, 4.69) is 10.6 Å². The van der Waals surface area contributed by atoms with Gasteiger partial charge in [-0.25, -0.2) is 4.39 Å². The molecule has 7 heteroatoms. The molecule has 0 aliphatic heterocycles. The Balaban J connectivity index is 1.47. The van der Waals surface area contributed by atoms with Crippen LogP contribution >= 0.6 is 0 Å². The molecule has 0 saturated heterocycles. The molecule has 0 saturated carbocycles. The summed E-state index contributed by atoms with van der Waals surface area (Å²) >= 11 is 0. The molecule has 0 radical (unpaired) electrons. The van der Waals surface area contributed by atoms with Crippen LogP contribution in [0.2, 0.25) is 0 Å². The lowest BCUT2D eigenvalue weighted by atomic mass is 10.1. The van der Waals surface area contributed by atoms with Gasteiger partial charge in [0, 0.05) is 31.1 Å². The molecule has 32 heavy (non-hydrogen) atoms. The van der Waals surface area contributed by atoms with Crippen LogP contribution in [0.15, 0.2) is 72.8 Å². The highest BCUT2D eigenvalue weighted by molar-refractivity contribution is 5.94. The smallest absolute Gasteiger partial charge is 0.308 e. The van der Waals surface area contributed by atoms with Crippen molar-refractivity contribution in [2.24, 2.45) is 0 Å². The summed E-state index contributed by atoms with van der Waals surface area (Å²) in [6.45, 7) is 1.60. The second-order valence-corrected chi connectivity index (χ2v) is 7.18. The van der Waals surface area contributed by atoms with E-state index in [0.717, 1.165) is 11.1 Å². The second kappa shape index (κ2) is 10.9. The number of amides is 2. The van der Waals surface area contributed by atoms with Gasteiger partial charge >= 0.3 is 5.97 Å². The first-order chi connectivity index (χ1) is 15.4. The Kier molecular flexibility index (Phi) is 7.70. The third kappa shape index (κ3) is 7.05. The van der Waals surface area contributed by atoms with Crippen molar-refractivity contribution in [2.45, 2.75) is 26.3 Å². The molecule has 0 aliphatic carbocycles. The average Bonchev–Trinajstić information content (AvgIpc) is 2.78. The third-order valence-electron chi connectivity index (χ3n) is 4.60. The lowest BCUT2D eigenvalue weighted by Crippen LogP contribution is -2.22. The Hall–Kier alpha value is -4.00. The van der Waals surface area contributed by atoms with E-state index in [1.807, 2.05) is 12.1 Å². The van der Waals surface area contributed by atoms with E-state index in [-0.39, 0.29) is 24.1 Å². The average molecular weight is 434 g/mol. The second-order valence-electron chi connectivity index (χ2n) is 7.18. The molecule has 0 atom stereocenters. The number of halogens is 1. The maximum Gasteiger partial charge on any atom is 0.308 e. The highest BCUT2D eigenvalue weighted by atomic mass is 19.1. The fourth-order valence-corrected chi connectivity index (χ4v) is 2.99. The molecule has 3 aromatic carbocycles. The highest BCUT2D eigenvalue weighted by Crippen LogP contribution is 2.15. The zero-order valence-corrected chi connectivity index (χ0v) is 17.6. The van der Waals surface area contributed by atoms with Gasteiger partial charge in [-0.2, -0.15) is 0 Å². The summed E-state index contributed by atoms with van der Waals surface area (Å²) in [5.74, 6) is -0.875. The lowest BCUT2D eigenvalue weighted by molar-refractivity contribution is -0.131. The minimum absolute atomic E-state index is 0.136. The number of aryl methyl sites for hydroxylation is 1. The van der Waals surface area contributed by atoms with Crippen LogP contribution in [-0.2, 0) is 22.6 Å². The van der Waals surface area contributed by atoms with E-state index in [1.165, 1.54) is 25.1 Å². The topological polar surface area (TPSA) is 84.5 Å². The van der Waals surface area contributed by atoms with E-state index in [1.54, 1.807) is 42.5 Å². The zero-order valence-electron chi connectivity index (χ0n) is 17.6. The molecule has 0 aliphatic rings. The molecule has 6 nitrogen and oxygen atoms in total. The van der Waals surface area contributed by atoms with Gasteiger partial charge < -0.3 is 15.4 Å². The van der Waals surface area contributed by atoms with Gasteiger partial charge in [0.05, 0.1) is 0 Å². The van der Waals surface area contributed by atoms with Crippen LogP contribution in [0, 0.1) is 5.82 Å². The Morgan fingerprint density at radius 1 is 0.906 bits per heavy atom. The van der Waals surface area contributed by atoms with E-state index < -0.39 is 5.97 Å². The SMILES string of the molecule is CC(=O)Oc1cccc(C(=O)NCc2ccc(NC(=O)CCc3ccc(F)cc3)cc2)c1. The van der Waals surface area contributed by atoms with Gasteiger partial charge in [-0.3, -0.25) is 14.4 Å². The van der Waals surface area contributed by atoms with Crippen molar-refractivity contribution in [3.8, 4) is 5.75 Å². The van der Waals surface area contributed by atoms with Crippen LogP contribution < -0.4 is 15.4 Å². The fourth-order valence-electron chi connectivity index (χ4n) is 2.99. The number of carbonyl (C=O) groups is 3. The Morgan fingerprint density at radius 3 is 2.28 bits per heavy atom. The quantitative estimate of drug-likeness (QED) is 0.410. The van der Waals surface area contributed by atoms with Crippen LogP contribution in [0.1, 0.15) is 34.8 Å². The molecular formula is C25H23FN2O4. The molecule has 3 aromatic rings. The predicted molar refractivity (Wildman–Crippen MR) is 119 cm³/mol. The van der Waals surface area contributed by atoms with Crippen molar-refractivity contribution in [3.63, 3.8) is 0 Å². The Labute approximate surface area is 185 Å². The van der Waals surface area contributed by atoms with Crippen LogP contribution in [0.4, 0.5) is 10.1 Å². The zero-order chi connectivity index (χ0) is 22.9. The number of carbonyl (C=O) groups excluding carboxylic acids is 3. The van der Waals surface area contributed by atoms with Crippen LogP contribution in [-0.4, -0.2) is 17.8 Å². The monoisotopic (exact) mass is 434 g/mol. The van der Waals surface area contributed by atoms with Crippen molar-refractivity contribution in [1.29, 1.82) is 0 Å². The third-order valence-corrected chi connectivity index (χ3v) is 4.60. The maximum absolute atomic E-state index is 12.9. The van der Waals surface area contributed by atoms with E-state index >= 15 is 0 Å². The molecule has 0 heterocycles. The van der Waals surface area contributed by atoms with Gasteiger partial charge in [0.2, 0.25) is 5.91 Å². The molecule has 0 spiro atoms. The summed E-state index contributed by atoms with van der Waals surface area (Å²) in [5.41, 5.74) is 2.79. The summed E-state index contributed by atoms with van der Waals surface area (Å²) < 4.78 is 17.9. The molecule has 2 N–H and O–H groups in total. The minimum atomic E-state index is -0.454. The van der Waals surface area contributed by atoms with Crippen molar-refractivity contribution in [1.82, 2.24) is 5.32 Å². The highest BCUT2D eigenvalue weighted by Gasteiger charge is 2.08. The fraction of sp³-hybridized carbons (Fsp3) is 0.160. The maximum atomic E-state index is 12.9. The molecule has 164 valence electrons. The lowest BCUT2D eigenvalue weighted by Gasteiger charge is -2.09. The molecular weight excluding hydrogens is 411 g/mol. The van der Waals surface area contributed by atoms with Gasteiger partial charge in [0.15, 0.2) is 0 Å². The molecule has 0 unspecified atom stereocenters. The Morgan fingerprint density at radius 2 is 1.59 bits per heavy atom. The molecule has 0 fully saturated rings. The molecule has 3 rings (SSSR count). The predicted octanol–water partition coefficient (Wildman–Crippen LogP) is 4.25. The molecule has 0 aromatic heterocycles. The normalized spacial score (nSPS) is 10.3. The van der Waals surface area contributed by atoms with Crippen molar-refractivity contribution in [3.05, 3.63) is 95.3 Å². The largest absolute Gasteiger partial charge is 0.427 e. The van der Waals surface area contributed by atoms with Gasteiger partial charge in [0.25, 0.3) is 5.91 Å². The first-order valence-corrected chi connectivity index (χ1v) is 10.1. The summed E-state index contributed by atoms with van der Waals surface area (Å²) in [6, 6.07) is 19.6. The molecule has 2 amide bonds. The first-order valence-electron chi connectivity index (χ1n) is 10.1. The summed E-state index contributed by atoms with van der Waals surface area (Å²) in [5, 5.41) is 5.63. The first kappa shape index (κ1) is 22.7. The number of rotatable bonds is 8. The van der Waals surface area contributed by atoms with Crippen molar-refractivity contribution < 1.29 is 23.5 Å². The van der Waals surface area contributed by atoms with Gasteiger partial charge in [-0.1, -0.05) is 30.3 Å². The van der Waals surface area contributed by atoms with Gasteiger partial charge in [0.1, 0.15) is 11.6 Å². The summed E-state index contributed by atoms with van der Waals surface area (Å²) in [4.78, 5) is 35.5. The summed E-state index contributed by atoms with van der Waals surface area (Å²) in [6.07, 6.45) is 0.810. The van der Waals surface area contributed by atoms with Gasteiger partial charge in [-0.15, -0.1) is 0 Å². The number of benzene rings is 3. The Bertz CT molecular complexity index is 1100. The van der Waals surface area contributed by atoms with Crippen LogP contribution in [0.3, 0.4) is 0 Å². The van der Waals surface area contributed by atoms with E-state index in [9.17, 15) is 18.8 Å². The van der Waals surface area contributed by atoms with E-state index in [0.29, 0.717) is 30.0 Å². The standard InChI is InChI=1S/C25H23FN2O4/c1-17(29)32-23-4-2-3-20(15-23)25(31)27-16-19-7-12-22(13-8-19)28-24(30)14-9-18-5-10-21(26)11-6-18/h2-8,10-13,15H,9,14,16H2,1H3,(H,27,31)(H,28,30). The minimum Gasteiger partial charge on any atom is -0.427 e. The van der Waals surface area contributed by atoms with Crippen molar-refractivity contribution in [2.75, 3.05) is 5.32 Å².